The van der Waals surface area contributed by atoms with E-state index in [1.807, 2.05) is 0 Å². The van der Waals surface area contributed by atoms with Gasteiger partial charge >= 0.3 is 5.97 Å². The lowest BCUT2D eigenvalue weighted by Gasteiger charge is -2.09. The Bertz CT molecular complexity index is 595. The second-order valence-corrected chi connectivity index (χ2v) is 4.37. The van der Waals surface area contributed by atoms with E-state index in [-0.39, 0.29) is 6.61 Å². The molecule has 0 aliphatic heterocycles. The molecule has 1 aromatic carbocycles. The van der Waals surface area contributed by atoms with Crippen molar-refractivity contribution >= 4 is 17.6 Å². The molecule has 0 fully saturated rings. The molecular formula is C13H13ClN2O3. The highest BCUT2D eigenvalue weighted by atomic mass is 35.5. The number of halogens is 1. The summed E-state index contributed by atoms with van der Waals surface area (Å²) in [7, 11) is 3.28. The number of methoxy groups -OCH3 is 1. The van der Waals surface area contributed by atoms with Crippen molar-refractivity contribution in [3.05, 3.63) is 46.7 Å². The van der Waals surface area contributed by atoms with Crippen molar-refractivity contribution in [1.82, 2.24) is 9.78 Å². The number of aromatic nitrogens is 2. The lowest BCUT2D eigenvalue weighted by atomic mass is 10.2. The van der Waals surface area contributed by atoms with E-state index in [2.05, 4.69) is 5.10 Å². The van der Waals surface area contributed by atoms with Gasteiger partial charge in [0.1, 0.15) is 12.4 Å². The van der Waals surface area contributed by atoms with E-state index >= 15 is 0 Å². The smallest absolute Gasteiger partial charge is 0.341 e. The maximum Gasteiger partial charge on any atom is 0.341 e. The normalized spacial score (nSPS) is 10.3. The number of esters is 1. The van der Waals surface area contributed by atoms with E-state index in [1.54, 1.807) is 38.6 Å². The molecule has 100 valence electrons. The Morgan fingerprint density at radius 3 is 2.89 bits per heavy atom. The largest absolute Gasteiger partial charge is 0.496 e. The van der Waals surface area contributed by atoms with Crippen molar-refractivity contribution in [2.24, 2.45) is 7.05 Å². The number of carbonyl (C=O) groups excluding carboxylic acids is 1. The lowest BCUT2D eigenvalue weighted by Crippen LogP contribution is -2.05. The number of carbonyl (C=O) groups is 1. The van der Waals surface area contributed by atoms with E-state index in [0.717, 1.165) is 0 Å². The van der Waals surface area contributed by atoms with Crippen LogP contribution < -0.4 is 4.74 Å². The molecule has 0 aliphatic carbocycles. The molecule has 0 unspecified atom stereocenters. The summed E-state index contributed by atoms with van der Waals surface area (Å²) in [5, 5.41) is 4.47. The molecule has 0 bridgehead atoms. The molecule has 0 spiro atoms. The van der Waals surface area contributed by atoms with Crippen molar-refractivity contribution in [3.63, 3.8) is 0 Å². The molecular weight excluding hydrogens is 268 g/mol. The minimum atomic E-state index is -0.435. The SMILES string of the molecule is COc1ccc(Cl)cc1COC(=O)c1cnn(C)c1. The number of aryl methyl sites for hydroxylation is 1. The van der Waals surface area contributed by atoms with Gasteiger partial charge in [-0.3, -0.25) is 4.68 Å². The molecule has 0 radical (unpaired) electrons. The van der Waals surface area contributed by atoms with Gasteiger partial charge in [-0.1, -0.05) is 11.6 Å². The quantitative estimate of drug-likeness (QED) is 0.807. The summed E-state index contributed by atoms with van der Waals surface area (Å²) in [5.41, 5.74) is 1.12. The summed E-state index contributed by atoms with van der Waals surface area (Å²) >= 11 is 5.90. The number of hydrogen-bond donors (Lipinski definition) is 0. The van der Waals surface area contributed by atoms with Crippen LogP contribution in [0.5, 0.6) is 5.75 Å². The van der Waals surface area contributed by atoms with E-state index in [9.17, 15) is 4.79 Å². The first-order valence-corrected chi connectivity index (χ1v) is 5.96. The highest BCUT2D eigenvalue weighted by molar-refractivity contribution is 6.30. The topological polar surface area (TPSA) is 53.4 Å². The number of benzene rings is 1. The monoisotopic (exact) mass is 280 g/mol. The Kier molecular flexibility index (Phi) is 4.06. The Morgan fingerprint density at radius 1 is 1.47 bits per heavy atom. The molecule has 0 amide bonds. The Hall–Kier alpha value is -2.01. The second-order valence-electron chi connectivity index (χ2n) is 3.93. The van der Waals surface area contributed by atoms with Crippen molar-refractivity contribution in [2.75, 3.05) is 7.11 Å². The average Bonchev–Trinajstić information content (AvgIpc) is 2.83. The van der Waals surface area contributed by atoms with Gasteiger partial charge in [-0.05, 0) is 18.2 Å². The van der Waals surface area contributed by atoms with Crippen molar-refractivity contribution in [3.8, 4) is 5.75 Å². The Morgan fingerprint density at radius 2 is 2.26 bits per heavy atom. The van der Waals surface area contributed by atoms with Crippen molar-refractivity contribution in [1.29, 1.82) is 0 Å². The van der Waals surface area contributed by atoms with Gasteiger partial charge in [0.2, 0.25) is 0 Å². The fourth-order valence-electron chi connectivity index (χ4n) is 1.61. The molecule has 2 aromatic rings. The van der Waals surface area contributed by atoms with E-state index in [1.165, 1.54) is 10.9 Å². The third kappa shape index (κ3) is 3.26. The van der Waals surface area contributed by atoms with E-state index in [4.69, 9.17) is 21.1 Å². The highest BCUT2D eigenvalue weighted by Crippen LogP contribution is 2.23. The fraction of sp³-hybridized carbons (Fsp3) is 0.231. The van der Waals surface area contributed by atoms with Gasteiger partial charge in [0, 0.05) is 23.8 Å². The zero-order valence-electron chi connectivity index (χ0n) is 10.6. The molecule has 5 nitrogen and oxygen atoms in total. The Balaban J connectivity index is 2.06. The van der Waals surface area contributed by atoms with Gasteiger partial charge in [0.25, 0.3) is 0 Å². The number of hydrogen-bond acceptors (Lipinski definition) is 4. The second kappa shape index (κ2) is 5.75. The number of rotatable bonds is 4. The van der Waals surface area contributed by atoms with Crippen LogP contribution in [0.3, 0.4) is 0 Å². The maximum absolute atomic E-state index is 11.8. The molecule has 1 heterocycles. The number of nitrogens with zero attached hydrogens (tertiary/aromatic N) is 2. The van der Waals surface area contributed by atoms with Gasteiger partial charge in [-0.2, -0.15) is 5.10 Å². The van der Waals surface area contributed by atoms with Crippen LogP contribution in [0, 0.1) is 0 Å². The van der Waals surface area contributed by atoms with Crippen LogP contribution in [0.4, 0.5) is 0 Å². The van der Waals surface area contributed by atoms with Crippen LogP contribution in [0.25, 0.3) is 0 Å². The first-order valence-electron chi connectivity index (χ1n) is 5.58. The van der Waals surface area contributed by atoms with E-state index < -0.39 is 5.97 Å². The maximum atomic E-state index is 11.8. The third-order valence-electron chi connectivity index (χ3n) is 2.54. The van der Waals surface area contributed by atoms with Gasteiger partial charge in [0.15, 0.2) is 0 Å². The Labute approximate surface area is 115 Å². The lowest BCUT2D eigenvalue weighted by molar-refractivity contribution is 0.0470. The molecule has 0 N–H and O–H groups in total. The zero-order valence-corrected chi connectivity index (χ0v) is 11.3. The molecule has 0 atom stereocenters. The van der Waals surface area contributed by atoms with Gasteiger partial charge < -0.3 is 9.47 Å². The summed E-state index contributed by atoms with van der Waals surface area (Å²) in [6.45, 7) is 0.0947. The van der Waals surface area contributed by atoms with Crippen LogP contribution in [0.1, 0.15) is 15.9 Å². The summed E-state index contributed by atoms with van der Waals surface area (Å²) in [6.07, 6.45) is 3.05. The van der Waals surface area contributed by atoms with Crippen LogP contribution in [0.15, 0.2) is 30.6 Å². The summed E-state index contributed by atoms with van der Waals surface area (Å²) < 4.78 is 11.9. The molecule has 1 aromatic heterocycles. The fourth-order valence-corrected chi connectivity index (χ4v) is 1.81. The first-order chi connectivity index (χ1) is 9.10. The van der Waals surface area contributed by atoms with Gasteiger partial charge in [-0.15, -0.1) is 0 Å². The van der Waals surface area contributed by atoms with Gasteiger partial charge in [-0.25, -0.2) is 4.79 Å². The van der Waals surface area contributed by atoms with Crippen LogP contribution in [-0.4, -0.2) is 22.9 Å². The molecule has 0 saturated carbocycles. The summed E-state index contributed by atoms with van der Waals surface area (Å²) in [6, 6.07) is 5.15. The van der Waals surface area contributed by atoms with Crippen molar-refractivity contribution < 1.29 is 14.3 Å². The molecule has 0 aliphatic rings. The summed E-state index contributed by atoms with van der Waals surface area (Å²) in [4.78, 5) is 11.8. The number of ether oxygens (including phenoxy) is 2. The minimum Gasteiger partial charge on any atom is -0.496 e. The van der Waals surface area contributed by atoms with Crippen molar-refractivity contribution in [2.45, 2.75) is 6.61 Å². The molecule has 0 saturated heterocycles. The molecule has 2 rings (SSSR count). The minimum absolute atomic E-state index is 0.0947. The average molecular weight is 281 g/mol. The highest BCUT2D eigenvalue weighted by Gasteiger charge is 2.11. The third-order valence-corrected chi connectivity index (χ3v) is 2.78. The predicted molar refractivity (Wildman–Crippen MR) is 70.3 cm³/mol. The summed E-state index contributed by atoms with van der Waals surface area (Å²) in [5.74, 6) is 0.193. The first kappa shape index (κ1) is 13.4. The molecule has 6 heteroatoms. The van der Waals surface area contributed by atoms with Crippen LogP contribution in [-0.2, 0) is 18.4 Å². The van der Waals surface area contributed by atoms with Crippen LogP contribution in [0.2, 0.25) is 5.02 Å². The zero-order chi connectivity index (χ0) is 13.8. The van der Waals surface area contributed by atoms with Crippen LogP contribution >= 0.6 is 11.6 Å². The predicted octanol–water partition coefficient (Wildman–Crippen LogP) is 2.44. The standard InChI is InChI=1S/C13H13ClN2O3/c1-16-7-10(6-15-16)13(17)19-8-9-5-11(14)3-4-12(9)18-2/h3-7H,8H2,1-2H3. The molecule has 19 heavy (non-hydrogen) atoms. The van der Waals surface area contributed by atoms with Gasteiger partial charge in [0.05, 0.1) is 18.9 Å². The van der Waals surface area contributed by atoms with E-state index in [0.29, 0.717) is 21.9 Å².